The molecule has 0 bridgehead atoms. The second-order valence-corrected chi connectivity index (χ2v) is 4.88. The number of hydrogen-bond donors (Lipinski definition) is 1. The van der Waals surface area contributed by atoms with Crippen LogP contribution >= 0.6 is 0 Å². The number of aryl methyl sites for hydroxylation is 1. The second kappa shape index (κ2) is 4.34. The molecule has 0 aliphatic carbocycles. The minimum atomic E-state index is -0.491. The number of fused-ring (bicyclic) bond motifs is 1. The van der Waals surface area contributed by atoms with Crippen molar-refractivity contribution in [1.29, 1.82) is 0 Å². The first-order chi connectivity index (χ1) is 8.37. The number of hydrogen-bond acceptors (Lipinski definition) is 5. The van der Waals surface area contributed by atoms with E-state index < -0.39 is 11.5 Å². The van der Waals surface area contributed by atoms with Crippen LogP contribution < -0.4 is 5.48 Å². The molecule has 2 rings (SSSR count). The lowest BCUT2D eigenvalue weighted by atomic mass is 10.2. The van der Waals surface area contributed by atoms with Gasteiger partial charge in [0.25, 0.3) is 5.78 Å². The predicted molar refractivity (Wildman–Crippen MR) is 63.8 cm³/mol. The third kappa shape index (κ3) is 2.62. The van der Waals surface area contributed by atoms with Gasteiger partial charge in [-0.05, 0) is 33.8 Å². The number of carbonyl (C=O) groups is 1. The van der Waals surface area contributed by atoms with Gasteiger partial charge in [-0.2, -0.15) is 4.98 Å². The van der Waals surface area contributed by atoms with Crippen LogP contribution in [-0.2, 0) is 4.84 Å². The summed E-state index contributed by atoms with van der Waals surface area (Å²) in [6, 6.07) is 1.79. The smallest absolute Gasteiger partial charge is 0.268 e. The molecule has 0 fully saturated rings. The molecule has 2 aromatic heterocycles. The van der Waals surface area contributed by atoms with Crippen LogP contribution in [0.4, 0.5) is 0 Å². The first-order valence-corrected chi connectivity index (χ1v) is 5.53. The third-order valence-electron chi connectivity index (χ3n) is 2.08. The Morgan fingerprint density at radius 2 is 2.17 bits per heavy atom. The van der Waals surface area contributed by atoms with Crippen LogP contribution in [0, 0.1) is 6.92 Å². The first-order valence-electron chi connectivity index (χ1n) is 5.53. The van der Waals surface area contributed by atoms with Gasteiger partial charge >= 0.3 is 5.91 Å². The summed E-state index contributed by atoms with van der Waals surface area (Å²) in [6.07, 6.45) is 1.62. The molecule has 0 unspecified atom stereocenters. The number of aromatic nitrogens is 4. The summed E-state index contributed by atoms with van der Waals surface area (Å²) in [6.45, 7) is 7.35. The number of amides is 1. The minimum absolute atomic E-state index is 0.0288. The van der Waals surface area contributed by atoms with E-state index in [1.807, 2.05) is 27.7 Å². The van der Waals surface area contributed by atoms with Gasteiger partial charge < -0.3 is 0 Å². The molecular formula is C11H15N5O2. The van der Waals surface area contributed by atoms with Crippen molar-refractivity contribution in [3.8, 4) is 0 Å². The molecule has 7 heteroatoms. The lowest BCUT2D eigenvalue weighted by molar-refractivity contribution is -0.0593. The fourth-order valence-corrected chi connectivity index (χ4v) is 1.25. The Bertz CT molecular complexity index is 585. The third-order valence-corrected chi connectivity index (χ3v) is 2.08. The van der Waals surface area contributed by atoms with Gasteiger partial charge in [-0.15, -0.1) is 5.10 Å². The molecular weight excluding hydrogens is 234 g/mol. The molecule has 1 N–H and O–H groups in total. The molecule has 7 nitrogen and oxygen atoms in total. The molecule has 2 aromatic rings. The van der Waals surface area contributed by atoms with Crippen LogP contribution in [-0.4, -0.2) is 31.1 Å². The Balaban J connectivity index is 2.21. The highest BCUT2D eigenvalue weighted by atomic mass is 16.7. The topological polar surface area (TPSA) is 81.4 Å². The number of nitrogens with one attached hydrogen (secondary N) is 1. The number of carbonyl (C=O) groups excluding carboxylic acids is 1. The molecule has 18 heavy (non-hydrogen) atoms. The number of rotatable bonds is 2. The zero-order chi connectivity index (χ0) is 13.3. The Labute approximate surface area is 104 Å². The van der Waals surface area contributed by atoms with Crippen LogP contribution in [0.5, 0.6) is 0 Å². The Hall–Kier alpha value is -2.02. The monoisotopic (exact) mass is 249 g/mol. The van der Waals surface area contributed by atoms with Crippen molar-refractivity contribution in [2.24, 2.45) is 0 Å². The van der Waals surface area contributed by atoms with Crippen LogP contribution in [0.1, 0.15) is 37.1 Å². The molecule has 0 aromatic carbocycles. The second-order valence-electron chi connectivity index (χ2n) is 4.88. The minimum Gasteiger partial charge on any atom is -0.268 e. The summed E-state index contributed by atoms with van der Waals surface area (Å²) >= 11 is 0. The van der Waals surface area contributed by atoms with Crippen molar-refractivity contribution in [2.45, 2.75) is 33.3 Å². The zero-order valence-electron chi connectivity index (χ0n) is 10.8. The molecule has 0 atom stereocenters. The summed E-state index contributed by atoms with van der Waals surface area (Å²) in [5.41, 5.74) is 2.70. The molecule has 0 spiro atoms. The summed E-state index contributed by atoms with van der Waals surface area (Å²) < 4.78 is 1.51. The fourth-order valence-electron chi connectivity index (χ4n) is 1.25. The lowest BCUT2D eigenvalue weighted by Gasteiger charge is -2.17. The van der Waals surface area contributed by atoms with Gasteiger partial charge in [0.05, 0.1) is 5.60 Å². The maximum absolute atomic E-state index is 11.8. The van der Waals surface area contributed by atoms with Crippen molar-refractivity contribution < 1.29 is 9.63 Å². The Kier molecular flexibility index (Phi) is 3.00. The van der Waals surface area contributed by atoms with Crippen LogP contribution in [0.2, 0.25) is 0 Å². The van der Waals surface area contributed by atoms with E-state index in [0.717, 1.165) is 5.69 Å². The maximum Gasteiger partial charge on any atom is 0.314 e. The first kappa shape index (κ1) is 12.4. The van der Waals surface area contributed by atoms with E-state index >= 15 is 0 Å². The van der Waals surface area contributed by atoms with Gasteiger partial charge in [0.2, 0.25) is 5.82 Å². The maximum atomic E-state index is 11.8. The van der Waals surface area contributed by atoms with Gasteiger partial charge in [-0.25, -0.2) is 15.0 Å². The summed E-state index contributed by atoms with van der Waals surface area (Å²) in [5.74, 6) is -0.0771. The summed E-state index contributed by atoms with van der Waals surface area (Å²) in [7, 11) is 0. The van der Waals surface area contributed by atoms with E-state index in [9.17, 15) is 4.79 Å². The standard InChI is InChI=1S/C11H15N5O2/c1-7-5-6-12-10-13-8(14-16(7)10)9(17)15-18-11(2,3)4/h5-6H,1-4H3,(H,15,17). The summed E-state index contributed by atoms with van der Waals surface area (Å²) in [5, 5.41) is 4.06. The SMILES string of the molecule is Cc1ccnc2nc(C(=O)NOC(C)(C)C)nn12. The molecule has 96 valence electrons. The van der Waals surface area contributed by atoms with Crippen molar-refractivity contribution in [1.82, 2.24) is 25.1 Å². The molecule has 2 heterocycles. The largest absolute Gasteiger partial charge is 0.314 e. The van der Waals surface area contributed by atoms with Gasteiger partial charge in [0.1, 0.15) is 0 Å². The van der Waals surface area contributed by atoms with E-state index in [1.165, 1.54) is 4.52 Å². The van der Waals surface area contributed by atoms with E-state index in [2.05, 4.69) is 20.5 Å². The van der Waals surface area contributed by atoms with E-state index in [-0.39, 0.29) is 5.82 Å². The Morgan fingerprint density at radius 3 is 2.78 bits per heavy atom. The highest BCUT2D eigenvalue weighted by molar-refractivity contribution is 5.89. The molecule has 0 radical (unpaired) electrons. The van der Waals surface area contributed by atoms with E-state index in [1.54, 1.807) is 12.3 Å². The predicted octanol–water partition coefficient (Wildman–Crippen LogP) is 0.893. The Morgan fingerprint density at radius 1 is 1.44 bits per heavy atom. The van der Waals surface area contributed by atoms with Crippen LogP contribution in [0.25, 0.3) is 5.78 Å². The average Bonchev–Trinajstić information content (AvgIpc) is 2.70. The van der Waals surface area contributed by atoms with E-state index in [0.29, 0.717) is 5.78 Å². The number of hydroxylamine groups is 1. The molecule has 0 saturated heterocycles. The van der Waals surface area contributed by atoms with Crippen molar-refractivity contribution in [2.75, 3.05) is 0 Å². The highest BCUT2D eigenvalue weighted by Gasteiger charge is 2.18. The zero-order valence-corrected chi connectivity index (χ0v) is 10.8. The van der Waals surface area contributed by atoms with Crippen LogP contribution in [0.15, 0.2) is 12.3 Å². The normalized spacial score (nSPS) is 11.8. The van der Waals surface area contributed by atoms with Crippen molar-refractivity contribution in [3.63, 3.8) is 0 Å². The molecule has 0 saturated carbocycles. The van der Waals surface area contributed by atoms with Gasteiger partial charge in [-0.3, -0.25) is 9.63 Å². The quantitative estimate of drug-likeness (QED) is 0.799. The fraction of sp³-hybridized carbons (Fsp3) is 0.455. The van der Waals surface area contributed by atoms with Crippen LogP contribution in [0.3, 0.4) is 0 Å². The molecule has 0 aliphatic rings. The molecule has 0 aliphatic heterocycles. The number of nitrogens with zero attached hydrogens (tertiary/aromatic N) is 4. The van der Waals surface area contributed by atoms with Crippen molar-refractivity contribution >= 4 is 11.7 Å². The highest BCUT2D eigenvalue weighted by Crippen LogP contribution is 2.05. The van der Waals surface area contributed by atoms with Gasteiger partial charge in [0, 0.05) is 11.9 Å². The average molecular weight is 249 g/mol. The molecule has 1 amide bonds. The lowest BCUT2D eigenvalue weighted by Crippen LogP contribution is -2.34. The van der Waals surface area contributed by atoms with Crippen molar-refractivity contribution in [3.05, 3.63) is 23.8 Å². The van der Waals surface area contributed by atoms with Gasteiger partial charge in [-0.1, -0.05) is 0 Å². The summed E-state index contributed by atoms with van der Waals surface area (Å²) in [4.78, 5) is 25.0. The van der Waals surface area contributed by atoms with E-state index in [4.69, 9.17) is 4.84 Å². The van der Waals surface area contributed by atoms with Gasteiger partial charge in [0.15, 0.2) is 0 Å².